The van der Waals surface area contributed by atoms with Gasteiger partial charge < -0.3 is 19.9 Å². The summed E-state index contributed by atoms with van der Waals surface area (Å²) in [6.45, 7) is 0.940. The van der Waals surface area contributed by atoms with Crippen molar-refractivity contribution in [1.29, 1.82) is 0 Å². The molecule has 3 rings (SSSR count). The van der Waals surface area contributed by atoms with E-state index in [1.54, 1.807) is 18.2 Å². The second kappa shape index (κ2) is 7.86. The molecule has 6 nitrogen and oxygen atoms in total. The molecular weight excluding hydrogens is 341 g/mol. The molecule has 1 aliphatic heterocycles. The number of rotatable bonds is 6. The zero-order valence-corrected chi connectivity index (χ0v) is 13.9. The minimum atomic E-state index is -1.06. The van der Waals surface area contributed by atoms with Crippen molar-refractivity contribution < 1.29 is 28.6 Å². The number of benzene rings is 2. The first-order valence-electron chi connectivity index (χ1n) is 8.16. The van der Waals surface area contributed by atoms with Crippen LogP contribution in [0.2, 0.25) is 0 Å². The van der Waals surface area contributed by atoms with Crippen LogP contribution in [0.4, 0.5) is 4.39 Å². The molecule has 0 radical (unpaired) electrons. The van der Waals surface area contributed by atoms with Crippen LogP contribution in [-0.2, 0) is 16.0 Å². The van der Waals surface area contributed by atoms with E-state index in [0.717, 1.165) is 5.56 Å². The maximum Gasteiger partial charge on any atom is 0.305 e. The number of aliphatic carboxylic acids is 1. The first-order valence-corrected chi connectivity index (χ1v) is 8.16. The molecule has 26 heavy (non-hydrogen) atoms. The van der Waals surface area contributed by atoms with Crippen LogP contribution in [0.3, 0.4) is 0 Å². The van der Waals surface area contributed by atoms with E-state index < -0.39 is 17.8 Å². The second-order valence-electron chi connectivity index (χ2n) is 5.92. The summed E-state index contributed by atoms with van der Waals surface area (Å²) in [7, 11) is 0. The summed E-state index contributed by atoms with van der Waals surface area (Å²) >= 11 is 0. The summed E-state index contributed by atoms with van der Waals surface area (Å²) in [5.41, 5.74) is 1.25. The van der Waals surface area contributed by atoms with Crippen LogP contribution in [-0.4, -0.2) is 30.2 Å². The van der Waals surface area contributed by atoms with Gasteiger partial charge in [-0.15, -0.1) is 0 Å². The number of carbonyl (C=O) groups excluding carboxylic acids is 1. The molecule has 2 aromatic rings. The largest absolute Gasteiger partial charge is 0.486 e. The maximum absolute atomic E-state index is 13.1. The summed E-state index contributed by atoms with van der Waals surface area (Å²) in [6, 6.07) is 9.90. The molecule has 0 fully saturated rings. The van der Waals surface area contributed by atoms with E-state index >= 15 is 0 Å². The molecule has 0 aliphatic carbocycles. The van der Waals surface area contributed by atoms with E-state index in [9.17, 15) is 14.0 Å². The molecule has 1 amide bonds. The number of halogens is 1. The van der Waals surface area contributed by atoms with Crippen LogP contribution >= 0.6 is 0 Å². The number of fused-ring (bicyclic) bond motifs is 1. The van der Waals surface area contributed by atoms with Crippen molar-refractivity contribution in [2.45, 2.75) is 18.9 Å². The summed E-state index contributed by atoms with van der Waals surface area (Å²) in [5.74, 6) is -0.598. The van der Waals surface area contributed by atoms with Gasteiger partial charge in [0.15, 0.2) is 11.5 Å². The third kappa shape index (κ3) is 4.50. The molecule has 1 heterocycles. The molecule has 1 unspecified atom stereocenters. The van der Waals surface area contributed by atoms with Crippen LogP contribution < -0.4 is 14.8 Å². The van der Waals surface area contributed by atoms with Crippen molar-refractivity contribution in [3.8, 4) is 11.5 Å². The van der Waals surface area contributed by atoms with Crippen molar-refractivity contribution in [3.63, 3.8) is 0 Å². The average Bonchev–Trinajstić information content (AvgIpc) is 2.61. The standard InChI is InChI=1S/C19H18FNO5/c20-14-4-2-13(3-5-14)15(11-19(23)24)21-18(22)10-12-1-6-16-17(9-12)26-8-7-25-16/h1-6,9,15H,7-8,10-11H2,(H,21,22)(H,23,24). The van der Waals surface area contributed by atoms with E-state index in [1.807, 2.05) is 0 Å². The summed E-state index contributed by atoms with van der Waals surface area (Å²) < 4.78 is 24.0. The quantitative estimate of drug-likeness (QED) is 0.828. The van der Waals surface area contributed by atoms with Gasteiger partial charge in [0.05, 0.1) is 18.9 Å². The normalized spacial score (nSPS) is 13.7. The molecule has 1 atom stereocenters. The number of hydrogen-bond acceptors (Lipinski definition) is 4. The summed E-state index contributed by atoms with van der Waals surface area (Å²) in [4.78, 5) is 23.5. The highest BCUT2D eigenvalue weighted by Gasteiger charge is 2.19. The van der Waals surface area contributed by atoms with Gasteiger partial charge in [-0.3, -0.25) is 9.59 Å². The van der Waals surface area contributed by atoms with E-state index in [1.165, 1.54) is 24.3 Å². The van der Waals surface area contributed by atoms with E-state index in [-0.39, 0.29) is 18.7 Å². The minimum Gasteiger partial charge on any atom is -0.486 e. The first-order chi connectivity index (χ1) is 12.5. The predicted molar refractivity (Wildman–Crippen MR) is 90.7 cm³/mol. The van der Waals surface area contributed by atoms with Crippen molar-refractivity contribution in [2.24, 2.45) is 0 Å². The van der Waals surface area contributed by atoms with Gasteiger partial charge in [0.2, 0.25) is 5.91 Å². The fourth-order valence-corrected chi connectivity index (χ4v) is 2.75. The topological polar surface area (TPSA) is 84.9 Å². The van der Waals surface area contributed by atoms with Gasteiger partial charge in [-0.1, -0.05) is 18.2 Å². The molecule has 0 saturated heterocycles. The highest BCUT2D eigenvalue weighted by molar-refractivity contribution is 5.80. The lowest BCUT2D eigenvalue weighted by Gasteiger charge is -2.20. The molecular formula is C19H18FNO5. The van der Waals surface area contributed by atoms with Gasteiger partial charge in [0.25, 0.3) is 0 Å². The fourth-order valence-electron chi connectivity index (χ4n) is 2.75. The van der Waals surface area contributed by atoms with Gasteiger partial charge in [-0.25, -0.2) is 4.39 Å². The summed E-state index contributed by atoms with van der Waals surface area (Å²) in [5, 5.41) is 11.8. The first kappa shape index (κ1) is 17.7. The van der Waals surface area contributed by atoms with E-state index in [0.29, 0.717) is 30.3 Å². The Balaban J connectivity index is 1.69. The zero-order valence-electron chi connectivity index (χ0n) is 13.9. The molecule has 1 aliphatic rings. The highest BCUT2D eigenvalue weighted by Crippen LogP contribution is 2.31. The summed E-state index contributed by atoms with van der Waals surface area (Å²) in [6.07, 6.45) is -0.230. The van der Waals surface area contributed by atoms with Crippen molar-refractivity contribution in [2.75, 3.05) is 13.2 Å². The number of ether oxygens (including phenoxy) is 2. The predicted octanol–water partition coefficient (Wildman–Crippen LogP) is 2.47. The smallest absolute Gasteiger partial charge is 0.305 e. The van der Waals surface area contributed by atoms with Crippen LogP contribution in [0, 0.1) is 5.82 Å². The molecule has 0 aromatic heterocycles. The Morgan fingerprint density at radius 1 is 1.08 bits per heavy atom. The molecule has 0 saturated carbocycles. The number of nitrogens with one attached hydrogen (secondary N) is 1. The van der Waals surface area contributed by atoms with Gasteiger partial charge in [0.1, 0.15) is 19.0 Å². The number of carboxylic acid groups (broad SMARTS) is 1. The van der Waals surface area contributed by atoms with Gasteiger partial charge in [0, 0.05) is 0 Å². The van der Waals surface area contributed by atoms with Crippen LogP contribution in [0.5, 0.6) is 11.5 Å². The lowest BCUT2D eigenvalue weighted by Crippen LogP contribution is -2.31. The third-order valence-electron chi connectivity index (χ3n) is 3.96. The number of hydrogen-bond donors (Lipinski definition) is 2. The third-order valence-corrected chi connectivity index (χ3v) is 3.96. The van der Waals surface area contributed by atoms with Gasteiger partial charge in [-0.05, 0) is 35.4 Å². The highest BCUT2D eigenvalue weighted by atomic mass is 19.1. The van der Waals surface area contributed by atoms with Crippen molar-refractivity contribution in [3.05, 3.63) is 59.4 Å². The van der Waals surface area contributed by atoms with Gasteiger partial charge in [-0.2, -0.15) is 0 Å². The van der Waals surface area contributed by atoms with E-state index in [4.69, 9.17) is 14.6 Å². The number of amides is 1. The SMILES string of the molecule is O=C(O)CC(NC(=O)Cc1ccc2c(c1)OCCO2)c1ccc(F)cc1. The Hall–Kier alpha value is -3.09. The average molecular weight is 359 g/mol. The number of carbonyl (C=O) groups is 2. The minimum absolute atomic E-state index is 0.0634. The Labute approximate surface area is 149 Å². The lowest BCUT2D eigenvalue weighted by atomic mass is 10.0. The van der Waals surface area contributed by atoms with Crippen LogP contribution in [0.25, 0.3) is 0 Å². The van der Waals surface area contributed by atoms with Crippen LogP contribution in [0.1, 0.15) is 23.6 Å². The van der Waals surface area contributed by atoms with Crippen LogP contribution in [0.15, 0.2) is 42.5 Å². The van der Waals surface area contributed by atoms with Gasteiger partial charge >= 0.3 is 5.97 Å². The molecule has 0 bridgehead atoms. The lowest BCUT2D eigenvalue weighted by molar-refractivity contribution is -0.137. The fraction of sp³-hybridized carbons (Fsp3) is 0.263. The molecule has 136 valence electrons. The Morgan fingerprint density at radius 2 is 1.77 bits per heavy atom. The Morgan fingerprint density at radius 3 is 2.46 bits per heavy atom. The number of carboxylic acids is 1. The van der Waals surface area contributed by atoms with Crippen molar-refractivity contribution >= 4 is 11.9 Å². The zero-order chi connectivity index (χ0) is 18.5. The molecule has 2 N–H and O–H groups in total. The second-order valence-corrected chi connectivity index (χ2v) is 5.92. The Bertz CT molecular complexity index is 806. The van der Waals surface area contributed by atoms with Crippen molar-refractivity contribution in [1.82, 2.24) is 5.32 Å². The monoisotopic (exact) mass is 359 g/mol. The van der Waals surface area contributed by atoms with E-state index in [2.05, 4.69) is 5.32 Å². The maximum atomic E-state index is 13.1. The molecule has 2 aromatic carbocycles. The molecule has 0 spiro atoms. The Kier molecular flexibility index (Phi) is 5.36. The molecule has 7 heteroatoms.